The van der Waals surface area contributed by atoms with E-state index in [2.05, 4.69) is 10.2 Å². The van der Waals surface area contributed by atoms with Crippen molar-refractivity contribution in [1.82, 2.24) is 10.2 Å². The standard InChI is InChI=1S/C19H30N2O2/c1-15-9-7-8-12-18(15)23-14-13-21(3)16(2)19(22)20-17-10-5-4-6-11-17/h7-9,12,16-17H,4-6,10-11,13-14H2,1-3H3,(H,20,22)/t16-/m1/s1. The molecule has 1 atom stereocenters. The van der Waals surface area contributed by atoms with E-state index in [9.17, 15) is 4.79 Å². The van der Waals surface area contributed by atoms with Crippen LogP contribution in [0.5, 0.6) is 5.75 Å². The summed E-state index contributed by atoms with van der Waals surface area (Å²) in [6, 6.07) is 8.25. The van der Waals surface area contributed by atoms with Crippen molar-refractivity contribution in [1.29, 1.82) is 0 Å². The average molecular weight is 318 g/mol. The van der Waals surface area contributed by atoms with Crippen LogP contribution in [-0.2, 0) is 4.79 Å². The molecule has 1 saturated carbocycles. The molecule has 0 spiro atoms. The molecule has 0 saturated heterocycles. The fourth-order valence-electron chi connectivity index (χ4n) is 2.98. The quantitative estimate of drug-likeness (QED) is 0.840. The van der Waals surface area contributed by atoms with Gasteiger partial charge in [0.15, 0.2) is 0 Å². The molecule has 4 nitrogen and oxygen atoms in total. The topological polar surface area (TPSA) is 41.6 Å². The number of ether oxygens (including phenoxy) is 1. The largest absolute Gasteiger partial charge is 0.492 e. The van der Waals surface area contributed by atoms with Gasteiger partial charge in [0.05, 0.1) is 6.04 Å². The molecule has 1 aliphatic rings. The van der Waals surface area contributed by atoms with Gasteiger partial charge in [0.1, 0.15) is 12.4 Å². The zero-order chi connectivity index (χ0) is 16.7. The molecule has 23 heavy (non-hydrogen) atoms. The van der Waals surface area contributed by atoms with Crippen LogP contribution in [0, 0.1) is 6.92 Å². The zero-order valence-corrected chi connectivity index (χ0v) is 14.7. The van der Waals surface area contributed by atoms with E-state index < -0.39 is 0 Å². The van der Waals surface area contributed by atoms with Crippen molar-refractivity contribution >= 4 is 5.91 Å². The van der Waals surface area contributed by atoms with Crippen molar-refractivity contribution < 1.29 is 9.53 Å². The molecule has 0 unspecified atom stereocenters. The SMILES string of the molecule is Cc1ccccc1OCCN(C)[C@H](C)C(=O)NC1CCCCC1. The molecule has 1 aliphatic carbocycles. The summed E-state index contributed by atoms with van der Waals surface area (Å²) in [6.07, 6.45) is 6.02. The number of rotatable bonds is 7. The third kappa shape index (κ3) is 5.54. The van der Waals surface area contributed by atoms with Crippen molar-refractivity contribution in [2.45, 2.75) is 58.0 Å². The van der Waals surface area contributed by atoms with E-state index in [1.54, 1.807) is 0 Å². The fourth-order valence-corrected chi connectivity index (χ4v) is 2.98. The van der Waals surface area contributed by atoms with Gasteiger partial charge in [-0.3, -0.25) is 9.69 Å². The lowest BCUT2D eigenvalue weighted by atomic mass is 9.95. The molecule has 2 rings (SSSR count). The average Bonchev–Trinajstić information content (AvgIpc) is 2.56. The number of aryl methyl sites for hydroxylation is 1. The van der Waals surface area contributed by atoms with E-state index in [0.717, 1.165) is 30.7 Å². The summed E-state index contributed by atoms with van der Waals surface area (Å²) in [6.45, 7) is 5.32. The second kappa shape index (κ2) is 8.92. The van der Waals surface area contributed by atoms with Crippen LogP contribution < -0.4 is 10.1 Å². The van der Waals surface area contributed by atoms with Crippen LogP contribution in [0.15, 0.2) is 24.3 Å². The Balaban J connectivity index is 1.72. The molecule has 128 valence electrons. The zero-order valence-electron chi connectivity index (χ0n) is 14.7. The van der Waals surface area contributed by atoms with Gasteiger partial charge in [0, 0.05) is 12.6 Å². The summed E-state index contributed by atoms with van der Waals surface area (Å²) < 4.78 is 5.81. The van der Waals surface area contributed by atoms with E-state index in [1.807, 2.05) is 45.2 Å². The first kappa shape index (κ1) is 17.8. The number of carbonyl (C=O) groups is 1. The number of amides is 1. The number of hydrogen-bond donors (Lipinski definition) is 1. The summed E-state index contributed by atoms with van der Waals surface area (Å²) in [5, 5.41) is 3.20. The van der Waals surface area contributed by atoms with Crippen LogP contribution >= 0.6 is 0 Å². The van der Waals surface area contributed by atoms with Gasteiger partial charge in [-0.1, -0.05) is 37.5 Å². The van der Waals surface area contributed by atoms with Crippen LogP contribution in [-0.4, -0.2) is 43.1 Å². The Kier molecular flexibility index (Phi) is 6.90. The van der Waals surface area contributed by atoms with Crippen molar-refractivity contribution in [2.75, 3.05) is 20.2 Å². The molecule has 1 aromatic carbocycles. The van der Waals surface area contributed by atoms with Crippen LogP contribution in [0.1, 0.15) is 44.6 Å². The van der Waals surface area contributed by atoms with Gasteiger partial charge < -0.3 is 10.1 Å². The molecule has 1 N–H and O–H groups in total. The van der Waals surface area contributed by atoms with Crippen molar-refractivity contribution in [2.24, 2.45) is 0 Å². The highest BCUT2D eigenvalue weighted by Crippen LogP contribution is 2.18. The van der Waals surface area contributed by atoms with E-state index in [-0.39, 0.29) is 11.9 Å². The number of benzene rings is 1. The van der Waals surface area contributed by atoms with Crippen molar-refractivity contribution in [3.8, 4) is 5.75 Å². The molecule has 1 fully saturated rings. The summed E-state index contributed by atoms with van der Waals surface area (Å²) in [4.78, 5) is 14.4. The van der Waals surface area contributed by atoms with E-state index in [4.69, 9.17) is 4.74 Å². The third-order valence-corrected chi connectivity index (χ3v) is 4.79. The normalized spacial score (nSPS) is 17.0. The van der Waals surface area contributed by atoms with Crippen LogP contribution in [0.25, 0.3) is 0 Å². The highest BCUT2D eigenvalue weighted by molar-refractivity contribution is 5.81. The number of likely N-dealkylation sites (N-methyl/N-ethyl adjacent to an activating group) is 1. The van der Waals surface area contributed by atoms with Gasteiger partial charge in [-0.05, 0) is 45.4 Å². The summed E-state index contributed by atoms with van der Waals surface area (Å²) in [5.74, 6) is 1.05. The first-order valence-electron chi connectivity index (χ1n) is 8.77. The van der Waals surface area contributed by atoms with Gasteiger partial charge in [-0.2, -0.15) is 0 Å². The van der Waals surface area contributed by atoms with Crippen LogP contribution in [0.2, 0.25) is 0 Å². The summed E-state index contributed by atoms with van der Waals surface area (Å²) >= 11 is 0. The van der Waals surface area contributed by atoms with Gasteiger partial charge in [-0.15, -0.1) is 0 Å². The smallest absolute Gasteiger partial charge is 0.237 e. The van der Waals surface area contributed by atoms with Gasteiger partial charge in [0.2, 0.25) is 5.91 Å². The monoisotopic (exact) mass is 318 g/mol. The molecule has 0 radical (unpaired) electrons. The van der Waals surface area contributed by atoms with Crippen molar-refractivity contribution in [3.05, 3.63) is 29.8 Å². The summed E-state index contributed by atoms with van der Waals surface area (Å²) in [7, 11) is 1.98. The Labute approximate surface area is 140 Å². The van der Waals surface area contributed by atoms with E-state index >= 15 is 0 Å². The fraction of sp³-hybridized carbons (Fsp3) is 0.632. The van der Waals surface area contributed by atoms with E-state index in [0.29, 0.717) is 12.6 Å². The molecular formula is C19H30N2O2. The lowest BCUT2D eigenvalue weighted by Gasteiger charge is -2.28. The van der Waals surface area contributed by atoms with Crippen LogP contribution in [0.3, 0.4) is 0 Å². The minimum Gasteiger partial charge on any atom is -0.492 e. The molecule has 1 aromatic rings. The first-order valence-corrected chi connectivity index (χ1v) is 8.77. The van der Waals surface area contributed by atoms with Gasteiger partial charge >= 0.3 is 0 Å². The highest BCUT2D eigenvalue weighted by Gasteiger charge is 2.22. The predicted molar refractivity (Wildman–Crippen MR) is 93.8 cm³/mol. The Morgan fingerprint density at radius 1 is 1.30 bits per heavy atom. The minimum atomic E-state index is -0.127. The second-order valence-electron chi connectivity index (χ2n) is 6.61. The third-order valence-electron chi connectivity index (χ3n) is 4.79. The van der Waals surface area contributed by atoms with Crippen molar-refractivity contribution in [3.63, 3.8) is 0 Å². The van der Waals surface area contributed by atoms with Crippen LogP contribution in [0.4, 0.5) is 0 Å². The molecule has 4 heteroatoms. The lowest BCUT2D eigenvalue weighted by Crippen LogP contribution is -2.48. The maximum absolute atomic E-state index is 12.3. The number of hydrogen-bond acceptors (Lipinski definition) is 3. The lowest BCUT2D eigenvalue weighted by molar-refractivity contribution is -0.126. The molecule has 0 heterocycles. The van der Waals surface area contributed by atoms with Gasteiger partial charge in [0.25, 0.3) is 0 Å². The summed E-state index contributed by atoms with van der Waals surface area (Å²) in [5.41, 5.74) is 1.14. The number of nitrogens with zero attached hydrogens (tertiary/aromatic N) is 1. The predicted octanol–water partition coefficient (Wildman–Crippen LogP) is 3.14. The molecule has 1 amide bonds. The molecule has 0 bridgehead atoms. The Hall–Kier alpha value is -1.55. The highest BCUT2D eigenvalue weighted by atomic mass is 16.5. The molecular weight excluding hydrogens is 288 g/mol. The Morgan fingerprint density at radius 3 is 2.70 bits per heavy atom. The molecule has 0 aromatic heterocycles. The Morgan fingerprint density at radius 2 is 2.00 bits per heavy atom. The first-order chi connectivity index (χ1) is 11.1. The van der Waals surface area contributed by atoms with E-state index in [1.165, 1.54) is 19.3 Å². The maximum atomic E-state index is 12.3. The van der Waals surface area contributed by atoms with Gasteiger partial charge in [-0.25, -0.2) is 0 Å². The maximum Gasteiger partial charge on any atom is 0.237 e. The minimum absolute atomic E-state index is 0.127. The number of nitrogens with one attached hydrogen (secondary N) is 1. The molecule has 0 aliphatic heterocycles. The number of para-hydroxylation sites is 1. The second-order valence-corrected chi connectivity index (χ2v) is 6.61. The Bertz CT molecular complexity index is 498. The number of carbonyl (C=O) groups excluding carboxylic acids is 1.